The van der Waals surface area contributed by atoms with Gasteiger partial charge < -0.3 is 5.73 Å². The number of nitrogens with zero attached hydrogens (tertiary/aromatic N) is 1. The van der Waals surface area contributed by atoms with Gasteiger partial charge in [-0.1, -0.05) is 11.6 Å². The summed E-state index contributed by atoms with van der Waals surface area (Å²) in [5.41, 5.74) is 7.04. The van der Waals surface area contributed by atoms with E-state index in [1.165, 1.54) is 23.9 Å². The van der Waals surface area contributed by atoms with E-state index in [1.54, 1.807) is 18.3 Å². The molecular formula is C12H10ClFN2S. The maximum atomic E-state index is 13.1. The van der Waals surface area contributed by atoms with Crippen LogP contribution in [0.4, 0.5) is 10.1 Å². The molecule has 2 N–H and O–H groups in total. The summed E-state index contributed by atoms with van der Waals surface area (Å²) in [6, 6.07) is 8.17. The van der Waals surface area contributed by atoms with Crippen molar-refractivity contribution >= 4 is 29.1 Å². The summed E-state index contributed by atoms with van der Waals surface area (Å²) in [6.45, 7) is 0. The lowest BCUT2D eigenvalue weighted by Gasteiger charge is -2.04. The van der Waals surface area contributed by atoms with Crippen molar-refractivity contribution in [3.8, 4) is 0 Å². The van der Waals surface area contributed by atoms with Gasteiger partial charge in [-0.15, -0.1) is 11.8 Å². The second-order valence-corrected chi connectivity index (χ2v) is 4.93. The van der Waals surface area contributed by atoms with Crippen molar-refractivity contribution in [1.82, 2.24) is 4.98 Å². The van der Waals surface area contributed by atoms with Gasteiger partial charge in [-0.2, -0.15) is 0 Å². The van der Waals surface area contributed by atoms with Gasteiger partial charge in [0.25, 0.3) is 0 Å². The minimum Gasteiger partial charge on any atom is -0.399 e. The van der Waals surface area contributed by atoms with Crippen molar-refractivity contribution in [3.63, 3.8) is 0 Å². The van der Waals surface area contributed by atoms with Crippen molar-refractivity contribution < 1.29 is 4.39 Å². The summed E-state index contributed by atoms with van der Waals surface area (Å²) in [5.74, 6) is 0.380. The second kappa shape index (κ2) is 5.38. The Kier molecular flexibility index (Phi) is 3.86. The summed E-state index contributed by atoms with van der Waals surface area (Å²) in [5, 5.41) is 0.460. The van der Waals surface area contributed by atoms with Gasteiger partial charge in [0.2, 0.25) is 0 Å². The Hall–Kier alpha value is -1.26. The molecule has 0 saturated carbocycles. The number of hydrogen-bond donors (Lipinski definition) is 1. The SMILES string of the molecule is Nc1cc(F)cc(SCc2ccnc(Cl)c2)c1. The predicted molar refractivity (Wildman–Crippen MR) is 69.6 cm³/mol. The van der Waals surface area contributed by atoms with E-state index in [0.717, 1.165) is 10.5 Å². The molecule has 1 aromatic carbocycles. The minimum atomic E-state index is -0.319. The standard InChI is InChI=1S/C12H10ClFN2S/c13-12-3-8(1-2-16-12)7-17-11-5-9(14)4-10(15)6-11/h1-6H,7,15H2. The molecule has 1 heterocycles. The molecule has 2 nitrogen and oxygen atoms in total. The highest BCUT2D eigenvalue weighted by Crippen LogP contribution is 2.26. The zero-order valence-electron chi connectivity index (χ0n) is 8.86. The van der Waals surface area contributed by atoms with E-state index in [-0.39, 0.29) is 5.82 Å². The number of nitrogen functional groups attached to an aromatic ring is 1. The summed E-state index contributed by atoms with van der Waals surface area (Å²) in [7, 11) is 0. The Balaban J connectivity index is 2.07. The lowest BCUT2D eigenvalue weighted by Crippen LogP contribution is -1.88. The molecule has 17 heavy (non-hydrogen) atoms. The topological polar surface area (TPSA) is 38.9 Å². The molecule has 0 fully saturated rings. The number of benzene rings is 1. The van der Waals surface area contributed by atoms with E-state index in [0.29, 0.717) is 16.6 Å². The lowest BCUT2D eigenvalue weighted by molar-refractivity contribution is 0.625. The van der Waals surface area contributed by atoms with E-state index in [2.05, 4.69) is 4.98 Å². The van der Waals surface area contributed by atoms with Gasteiger partial charge in [0.15, 0.2) is 0 Å². The van der Waals surface area contributed by atoms with Crippen LogP contribution < -0.4 is 5.73 Å². The molecule has 0 radical (unpaired) electrons. The summed E-state index contributed by atoms with van der Waals surface area (Å²) < 4.78 is 13.1. The molecule has 0 aliphatic heterocycles. The normalized spacial score (nSPS) is 10.5. The maximum absolute atomic E-state index is 13.1. The van der Waals surface area contributed by atoms with Crippen LogP contribution in [0.2, 0.25) is 5.15 Å². The molecular weight excluding hydrogens is 259 g/mol. The van der Waals surface area contributed by atoms with Crippen LogP contribution in [0.15, 0.2) is 41.4 Å². The van der Waals surface area contributed by atoms with Gasteiger partial charge in [-0.05, 0) is 35.9 Å². The lowest BCUT2D eigenvalue weighted by atomic mass is 10.3. The van der Waals surface area contributed by atoms with E-state index in [4.69, 9.17) is 17.3 Å². The monoisotopic (exact) mass is 268 g/mol. The largest absolute Gasteiger partial charge is 0.399 e. The Morgan fingerprint density at radius 1 is 1.29 bits per heavy atom. The molecule has 2 rings (SSSR count). The average molecular weight is 269 g/mol. The quantitative estimate of drug-likeness (QED) is 0.523. The first-order valence-corrected chi connectivity index (χ1v) is 6.29. The highest BCUT2D eigenvalue weighted by atomic mass is 35.5. The van der Waals surface area contributed by atoms with Gasteiger partial charge in [-0.3, -0.25) is 0 Å². The molecule has 88 valence electrons. The third kappa shape index (κ3) is 3.61. The maximum Gasteiger partial charge on any atom is 0.129 e. The molecule has 0 saturated heterocycles. The third-order valence-corrected chi connectivity index (χ3v) is 3.34. The van der Waals surface area contributed by atoms with Gasteiger partial charge >= 0.3 is 0 Å². The van der Waals surface area contributed by atoms with Crippen molar-refractivity contribution in [2.75, 3.05) is 5.73 Å². The van der Waals surface area contributed by atoms with E-state index < -0.39 is 0 Å². The Bertz CT molecular complexity index is 513. The average Bonchev–Trinajstić information content (AvgIpc) is 2.25. The summed E-state index contributed by atoms with van der Waals surface area (Å²) >= 11 is 7.28. The fourth-order valence-corrected chi connectivity index (χ4v) is 2.49. The fraction of sp³-hybridized carbons (Fsp3) is 0.0833. The molecule has 0 atom stereocenters. The number of hydrogen-bond acceptors (Lipinski definition) is 3. The zero-order valence-corrected chi connectivity index (χ0v) is 10.4. The van der Waals surface area contributed by atoms with Gasteiger partial charge in [0.05, 0.1) is 0 Å². The smallest absolute Gasteiger partial charge is 0.129 e. The van der Waals surface area contributed by atoms with E-state index in [9.17, 15) is 4.39 Å². The molecule has 5 heteroatoms. The molecule has 1 aromatic heterocycles. The van der Waals surface area contributed by atoms with Crippen molar-refractivity contribution in [2.45, 2.75) is 10.6 Å². The Morgan fingerprint density at radius 2 is 2.12 bits per heavy atom. The van der Waals surface area contributed by atoms with Crippen molar-refractivity contribution in [2.24, 2.45) is 0 Å². The van der Waals surface area contributed by atoms with Gasteiger partial charge in [0.1, 0.15) is 11.0 Å². The molecule has 0 spiro atoms. The Morgan fingerprint density at radius 3 is 2.82 bits per heavy atom. The molecule has 2 aromatic rings. The van der Waals surface area contributed by atoms with Crippen molar-refractivity contribution in [3.05, 3.63) is 53.1 Å². The second-order valence-electron chi connectivity index (χ2n) is 3.50. The number of nitrogens with two attached hydrogens (primary N) is 1. The van der Waals surface area contributed by atoms with Crippen LogP contribution in [0.25, 0.3) is 0 Å². The van der Waals surface area contributed by atoms with Crippen LogP contribution >= 0.6 is 23.4 Å². The van der Waals surface area contributed by atoms with Crippen LogP contribution in [0.5, 0.6) is 0 Å². The molecule has 0 bridgehead atoms. The summed E-state index contributed by atoms with van der Waals surface area (Å²) in [4.78, 5) is 4.70. The first kappa shape index (κ1) is 12.2. The number of halogens is 2. The number of anilines is 1. The Labute approximate surface area is 108 Å². The minimum absolute atomic E-state index is 0.319. The number of pyridine rings is 1. The fourth-order valence-electron chi connectivity index (χ4n) is 1.37. The number of rotatable bonds is 3. The molecule has 0 aliphatic carbocycles. The van der Waals surface area contributed by atoms with Crippen LogP contribution in [0.1, 0.15) is 5.56 Å². The summed E-state index contributed by atoms with van der Waals surface area (Å²) in [6.07, 6.45) is 1.65. The van der Waals surface area contributed by atoms with Crippen LogP contribution in [0.3, 0.4) is 0 Å². The highest BCUT2D eigenvalue weighted by Gasteiger charge is 2.01. The molecule has 0 unspecified atom stereocenters. The highest BCUT2D eigenvalue weighted by molar-refractivity contribution is 7.98. The van der Waals surface area contributed by atoms with E-state index >= 15 is 0 Å². The number of aromatic nitrogens is 1. The first-order valence-electron chi connectivity index (χ1n) is 4.93. The number of thioether (sulfide) groups is 1. The van der Waals surface area contributed by atoms with Gasteiger partial charge in [0, 0.05) is 22.5 Å². The first-order chi connectivity index (χ1) is 8.13. The van der Waals surface area contributed by atoms with E-state index in [1.807, 2.05) is 6.07 Å². The van der Waals surface area contributed by atoms with Crippen LogP contribution in [-0.2, 0) is 5.75 Å². The van der Waals surface area contributed by atoms with Gasteiger partial charge in [-0.25, -0.2) is 9.37 Å². The predicted octanol–water partition coefficient (Wildman–Crippen LogP) is 3.75. The molecule has 0 amide bonds. The molecule has 0 aliphatic rings. The van der Waals surface area contributed by atoms with Crippen LogP contribution in [0, 0.1) is 5.82 Å². The van der Waals surface area contributed by atoms with Crippen LogP contribution in [-0.4, -0.2) is 4.98 Å². The van der Waals surface area contributed by atoms with Crippen molar-refractivity contribution in [1.29, 1.82) is 0 Å². The zero-order chi connectivity index (χ0) is 12.3. The third-order valence-electron chi connectivity index (χ3n) is 2.09.